The lowest BCUT2D eigenvalue weighted by Gasteiger charge is -2.35. The summed E-state index contributed by atoms with van der Waals surface area (Å²) in [7, 11) is 1.32. The van der Waals surface area contributed by atoms with Crippen molar-refractivity contribution in [3.05, 3.63) is 11.8 Å². The minimum atomic E-state index is -0.639. The van der Waals surface area contributed by atoms with E-state index >= 15 is 0 Å². The summed E-state index contributed by atoms with van der Waals surface area (Å²) in [6, 6.07) is 0. The molecule has 0 aromatic heterocycles. The number of carbonyl (C=O) groups is 2. The number of morpholine rings is 1. The summed E-state index contributed by atoms with van der Waals surface area (Å²) in [5.41, 5.74) is 1.02. The minimum Gasteiger partial charge on any atom is -0.468 e. The Kier molecular flexibility index (Phi) is 4.01. The molecule has 5 heteroatoms. The van der Waals surface area contributed by atoms with Crippen LogP contribution in [0.5, 0.6) is 0 Å². The molecule has 1 aliphatic carbocycles. The number of esters is 1. The Morgan fingerprint density at radius 2 is 2.11 bits per heavy atom. The van der Waals surface area contributed by atoms with Gasteiger partial charge in [0.1, 0.15) is 5.92 Å². The molecule has 1 fully saturated rings. The number of nitrogens with zero attached hydrogens (tertiary/aromatic N) is 1. The molecule has 2 rings (SSSR count). The van der Waals surface area contributed by atoms with Crippen LogP contribution in [-0.4, -0.2) is 50.1 Å². The van der Waals surface area contributed by atoms with Gasteiger partial charge in [-0.15, -0.1) is 0 Å². The second-order valence-electron chi connectivity index (χ2n) is 4.82. The SMILES string of the molecule is COC(=O)C1C(=O)C=C(N2CCOCC2)CC1C. The van der Waals surface area contributed by atoms with Crippen molar-refractivity contribution in [3.63, 3.8) is 0 Å². The van der Waals surface area contributed by atoms with Gasteiger partial charge in [-0.05, 0) is 12.3 Å². The molecule has 0 saturated carbocycles. The van der Waals surface area contributed by atoms with Gasteiger partial charge in [0.25, 0.3) is 0 Å². The van der Waals surface area contributed by atoms with E-state index in [1.165, 1.54) is 7.11 Å². The maximum Gasteiger partial charge on any atom is 0.316 e. The van der Waals surface area contributed by atoms with Gasteiger partial charge in [0.15, 0.2) is 5.78 Å². The number of hydrogen-bond acceptors (Lipinski definition) is 5. The van der Waals surface area contributed by atoms with Crippen LogP contribution in [-0.2, 0) is 19.1 Å². The highest BCUT2D eigenvalue weighted by molar-refractivity contribution is 6.06. The molecule has 1 saturated heterocycles. The van der Waals surface area contributed by atoms with Gasteiger partial charge >= 0.3 is 5.97 Å². The van der Waals surface area contributed by atoms with Gasteiger partial charge in [-0.3, -0.25) is 9.59 Å². The topological polar surface area (TPSA) is 55.8 Å². The number of methoxy groups -OCH3 is 1. The van der Waals surface area contributed by atoms with Crippen LogP contribution in [0, 0.1) is 11.8 Å². The number of carbonyl (C=O) groups excluding carboxylic acids is 2. The van der Waals surface area contributed by atoms with Crippen molar-refractivity contribution in [1.29, 1.82) is 0 Å². The van der Waals surface area contributed by atoms with E-state index in [0.29, 0.717) is 13.2 Å². The zero-order valence-electron chi connectivity index (χ0n) is 10.8. The van der Waals surface area contributed by atoms with Crippen LogP contribution >= 0.6 is 0 Å². The van der Waals surface area contributed by atoms with E-state index < -0.39 is 11.9 Å². The van der Waals surface area contributed by atoms with Crippen LogP contribution in [0.25, 0.3) is 0 Å². The van der Waals surface area contributed by atoms with Gasteiger partial charge in [0.2, 0.25) is 0 Å². The molecule has 18 heavy (non-hydrogen) atoms. The summed E-state index contributed by atoms with van der Waals surface area (Å²) in [4.78, 5) is 25.8. The van der Waals surface area contributed by atoms with E-state index in [1.54, 1.807) is 6.08 Å². The molecule has 0 N–H and O–H groups in total. The molecule has 0 aromatic rings. The summed E-state index contributed by atoms with van der Waals surface area (Å²) in [5.74, 6) is -1.21. The highest BCUT2D eigenvalue weighted by atomic mass is 16.5. The Hall–Kier alpha value is -1.36. The van der Waals surface area contributed by atoms with Crippen molar-refractivity contribution >= 4 is 11.8 Å². The number of allylic oxidation sites excluding steroid dienone is 2. The van der Waals surface area contributed by atoms with E-state index in [4.69, 9.17) is 4.74 Å². The average molecular weight is 253 g/mol. The fourth-order valence-electron chi connectivity index (χ4n) is 2.59. The van der Waals surface area contributed by atoms with Gasteiger partial charge in [-0.2, -0.15) is 0 Å². The standard InChI is InChI=1S/C13H19NO4/c1-9-7-10(14-3-5-18-6-4-14)8-11(15)12(9)13(16)17-2/h8-9,12H,3-7H2,1-2H3. The lowest BCUT2D eigenvalue weighted by Crippen LogP contribution is -2.41. The fraction of sp³-hybridized carbons (Fsp3) is 0.692. The normalized spacial score (nSPS) is 28.9. The molecule has 1 heterocycles. The second kappa shape index (κ2) is 5.52. The van der Waals surface area contributed by atoms with Crippen LogP contribution < -0.4 is 0 Å². The molecular formula is C13H19NO4. The average Bonchev–Trinajstić information content (AvgIpc) is 2.38. The maximum absolute atomic E-state index is 12.0. The zero-order valence-corrected chi connectivity index (χ0v) is 10.8. The summed E-state index contributed by atoms with van der Waals surface area (Å²) in [6.07, 6.45) is 2.35. The van der Waals surface area contributed by atoms with Gasteiger partial charge in [-0.25, -0.2) is 0 Å². The summed E-state index contributed by atoms with van der Waals surface area (Å²) >= 11 is 0. The maximum atomic E-state index is 12.0. The van der Waals surface area contributed by atoms with Crippen LogP contribution in [0.3, 0.4) is 0 Å². The molecule has 5 nitrogen and oxygen atoms in total. The lowest BCUT2D eigenvalue weighted by atomic mass is 9.81. The summed E-state index contributed by atoms with van der Waals surface area (Å²) < 4.78 is 9.98. The van der Waals surface area contributed by atoms with Crippen molar-refractivity contribution in [2.75, 3.05) is 33.4 Å². The molecule has 100 valence electrons. The Morgan fingerprint density at radius 3 is 2.67 bits per heavy atom. The van der Waals surface area contributed by atoms with E-state index in [1.807, 2.05) is 6.92 Å². The first-order chi connectivity index (χ1) is 8.63. The number of ether oxygens (including phenoxy) is 2. The molecular weight excluding hydrogens is 234 g/mol. The third-order valence-electron chi connectivity index (χ3n) is 3.59. The lowest BCUT2D eigenvalue weighted by molar-refractivity contribution is -0.150. The fourth-order valence-corrected chi connectivity index (χ4v) is 2.59. The van der Waals surface area contributed by atoms with Crippen LogP contribution in [0.15, 0.2) is 11.8 Å². The molecule has 2 aliphatic rings. The first-order valence-corrected chi connectivity index (χ1v) is 6.28. The third kappa shape index (κ3) is 2.56. The molecule has 0 spiro atoms. The third-order valence-corrected chi connectivity index (χ3v) is 3.59. The second-order valence-corrected chi connectivity index (χ2v) is 4.82. The molecule has 0 amide bonds. The molecule has 0 aromatic carbocycles. The van der Waals surface area contributed by atoms with Crippen LogP contribution in [0.4, 0.5) is 0 Å². The van der Waals surface area contributed by atoms with Crippen molar-refractivity contribution in [2.24, 2.45) is 11.8 Å². The molecule has 1 aliphatic heterocycles. The van der Waals surface area contributed by atoms with Gasteiger partial charge < -0.3 is 14.4 Å². The smallest absolute Gasteiger partial charge is 0.316 e. The Labute approximate surface area is 107 Å². The number of rotatable bonds is 2. The molecule has 2 unspecified atom stereocenters. The highest BCUT2D eigenvalue weighted by Crippen LogP contribution is 2.30. The highest BCUT2D eigenvalue weighted by Gasteiger charge is 2.37. The summed E-state index contributed by atoms with van der Waals surface area (Å²) in [5, 5.41) is 0. The van der Waals surface area contributed by atoms with Crippen LogP contribution in [0.1, 0.15) is 13.3 Å². The quantitative estimate of drug-likeness (QED) is 0.533. The summed E-state index contributed by atoms with van der Waals surface area (Å²) in [6.45, 7) is 4.94. The first-order valence-electron chi connectivity index (χ1n) is 6.28. The Balaban J connectivity index is 2.12. The number of hydrogen-bond donors (Lipinski definition) is 0. The van der Waals surface area contributed by atoms with Crippen LogP contribution in [0.2, 0.25) is 0 Å². The van der Waals surface area contributed by atoms with Gasteiger partial charge in [0.05, 0.1) is 20.3 Å². The predicted octanol–water partition coefficient (Wildman–Crippen LogP) is 0.601. The van der Waals surface area contributed by atoms with Crippen molar-refractivity contribution in [3.8, 4) is 0 Å². The van der Waals surface area contributed by atoms with E-state index in [0.717, 1.165) is 25.2 Å². The number of ketones is 1. The van der Waals surface area contributed by atoms with Gasteiger partial charge in [-0.1, -0.05) is 6.92 Å². The first kappa shape index (κ1) is 13.1. The molecule has 0 bridgehead atoms. The van der Waals surface area contributed by atoms with Crippen molar-refractivity contribution < 1.29 is 19.1 Å². The minimum absolute atomic E-state index is 0.00667. The zero-order chi connectivity index (χ0) is 13.1. The van der Waals surface area contributed by atoms with E-state index in [9.17, 15) is 9.59 Å². The molecule has 2 atom stereocenters. The van der Waals surface area contributed by atoms with E-state index in [2.05, 4.69) is 9.64 Å². The largest absolute Gasteiger partial charge is 0.468 e. The monoisotopic (exact) mass is 253 g/mol. The molecule has 0 radical (unpaired) electrons. The Morgan fingerprint density at radius 1 is 1.44 bits per heavy atom. The van der Waals surface area contributed by atoms with Crippen molar-refractivity contribution in [1.82, 2.24) is 4.90 Å². The predicted molar refractivity (Wildman–Crippen MR) is 64.8 cm³/mol. The van der Waals surface area contributed by atoms with Crippen molar-refractivity contribution in [2.45, 2.75) is 13.3 Å². The van der Waals surface area contributed by atoms with E-state index in [-0.39, 0.29) is 11.7 Å². The Bertz CT molecular complexity index is 371. The van der Waals surface area contributed by atoms with Gasteiger partial charge in [0, 0.05) is 24.9 Å².